The van der Waals surface area contributed by atoms with E-state index in [1.54, 1.807) is 36.5 Å². The minimum Gasteiger partial charge on any atom is -0.494 e. The number of aromatic carboxylic acids is 1. The highest BCUT2D eigenvalue weighted by atomic mass is 35.5. The maximum Gasteiger partial charge on any atom is 0.335 e. The van der Waals surface area contributed by atoms with E-state index in [2.05, 4.69) is 15.0 Å². The summed E-state index contributed by atoms with van der Waals surface area (Å²) < 4.78 is 37.9. The lowest BCUT2D eigenvalue weighted by Crippen LogP contribution is -2.29. The van der Waals surface area contributed by atoms with Crippen LogP contribution in [0.3, 0.4) is 0 Å². The molecule has 10 nitrogen and oxygen atoms in total. The van der Waals surface area contributed by atoms with E-state index >= 15 is 0 Å². The molecule has 1 aliphatic rings. The van der Waals surface area contributed by atoms with Crippen LogP contribution in [0, 0.1) is 0 Å². The lowest BCUT2D eigenvalue weighted by Gasteiger charge is -2.27. The molecule has 1 fully saturated rings. The lowest BCUT2D eigenvalue weighted by molar-refractivity contribution is 0.0697. The number of hydrogen-bond donors (Lipinski definition) is 3. The summed E-state index contributed by atoms with van der Waals surface area (Å²) in [7, 11) is -2.10. The van der Waals surface area contributed by atoms with Gasteiger partial charge < -0.3 is 24.5 Å². The number of benzene rings is 2. The number of carboxylic acids is 1. The predicted octanol–water partition coefficient (Wildman–Crippen LogP) is 5.25. The molecule has 5 rings (SSSR count). The van der Waals surface area contributed by atoms with Crippen LogP contribution in [0.25, 0.3) is 11.3 Å². The van der Waals surface area contributed by atoms with Crippen LogP contribution < -0.4 is 19.7 Å². The van der Waals surface area contributed by atoms with Crippen LogP contribution in [-0.4, -0.2) is 43.0 Å². The molecule has 40 heavy (non-hydrogen) atoms. The lowest BCUT2D eigenvalue weighted by atomic mass is 10.0. The Morgan fingerprint density at radius 3 is 2.65 bits per heavy atom. The Hall–Kier alpha value is -4.13. The number of thiocarbonyl (C=S) groups is 1. The number of ether oxygens (including phenoxy) is 1. The first kappa shape index (κ1) is 27.4. The molecule has 1 saturated heterocycles. The third-order valence-corrected chi connectivity index (χ3v) is 7.49. The van der Waals surface area contributed by atoms with Gasteiger partial charge in [0, 0.05) is 23.5 Å². The van der Waals surface area contributed by atoms with Gasteiger partial charge in [0.15, 0.2) is 5.11 Å². The Bertz CT molecular complexity index is 1710. The molecule has 0 saturated carbocycles. The molecule has 0 spiro atoms. The summed E-state index contributed by atoms with van der Waals surface area (Å²) in [5.74, 6) is 0.0976. The highest BCUT2D eigenvalue weighted by Crippen LogP contribution is 2.45. The number of nitrogens with zero attached hydrogens (tertiary/aromatic N) is 2. The molecule has 4 aromatic rings. The van der Waals surface area contributed by atoms with Crippen molar-refractivity contribution in [1.82, 2.24) is 10.3 Å². The van der Waals surface area contributed by atoms with Gasteiger partial charge in [-0.05, 0) is 66.8 Å². The van der Waals surface area contributed by atoms with Crippen LogP contribution in [0.4, 0.5) is 11.4 Å². The van der Waals surface area contributed by atoms with Gasteiger partial charge in [-0.15, -0.1) is 0 Å². The van der Waals surface area contributed by atoms with Gasteiger partial charge >= 0.3 is 5.97 Å². The van der Waals surface area contributed by atoms with E-state index in [4.69, 9.17) is 33.0 Å². The van der Waals surface area contributed by atoms with Crippen molar-refractivity contribution in [2.24, 2.45) is 0 Å². The van der Waals surface area contributed by atoms with E-state index in [0.29, 0.717) is 44.3 Å². The second-order valence-electron chi connectivity index (χ2n) is 8.96. The van der Waals surface area contributed by atoms with Gasteiger partial charge in [0.2, 0.25) is 10.0 Å². The Balaban J connectivity index is 1.61. The molecular weight excluding hydrogens is 576 g/mol. The molecule has 2 aromatic carbocycles. The fourth-order valence-corrected chi connectivity index (χ4v) is 5.66. The zero-order valence-corrected chi connectivity index (χ0v) is 23.5. The minimum absolute atomic E-state index is 0.0731. The number of sulfonamides is 1. The van der Waals surface area contributed by atoms with Gasteiger partial charge in [0.05, 0.1) is 41.4 Å². The van der Waals surface area contributed by atoms with Gasteiger partial charge in [-0.2, -0.15) is 0 Å². The first-order valence-electron chi connectivity index (χ1n) is 11.8. The molecule has 2 atom stereocenters. The molecule has 13 heteroatoms. The number of aromatic nitrogens is 1. The van der Waals surface area contributed by atoms with Crippen molar-refractivity contribution in [3.8, 4) is 17.1 Å². The number of hydrogen-bond acceptors (Lipinski definition) is 7. The van der Waals surface area contributed by atoms with Crippen LogP contribution in [0.1, 0.15) is 33.9 Å². The topological polar surface area (TPSA) is 134 Å². The van der Waals surface area contributed by atoms with Crippen molar-refractivity contribution in [3.63, 3.8) is 0 Å². The van der Waals surface area contributed by atoms with Crippen molar-refractivity contribution in [1.29, 1.82) is 0 Å². The Morgan fingerprint density at radius 2 is 1.98 bits per heavy atom. The van der Waals surface area contributed by atoms with Crippen LogP contribution in [0.15, 0.2) is 77.3 Å². The number of anilines is 2. The molecule has 3 heterocycles. The molecule has 0 unspecified atom stereocenters. The molecule has 0 radical (unpaired) electrons. The summed E-state index contributed by atoms with van der Waals surface area (Å²) in [5, 5.41) is 13.5. The fourth-order valence-electron chi connectivity index (χ4n) is 4.54. The molecule has 2 aromatic heterocycles. The van der Waals surface area contributed by atoms with E-state index in [1.165, 1.54) is 25.3 Å². The smallest absolute Gasteiger partial charge is 0.335 e. The fraction of sp³-hybridized carbons (Fsp3) is 0.148. The van der Waals surface area contributed by atoms with E-state index in [0.717, 1.165) is 6.26 Å². The molecule has 0 bridgehead atoms. The van der Waals surface area contributed by atoms with Crippen molar-refractivity contribution in [3.05, 3.63) is 95.0 Å². The SMILES string of the molecule is COc1cc(N2C(=S)N[C@H](c3ccccn3)[C@H]2c2ccc(-c3cc(C(=O)O)ccc3Cl)o2)ccc1NS(C)(=O)=O. The average molecular weight is 599 g/mol. The van der Waals surface area contributed by atoms with Gasteiger partial charge in [-0.1, -0.05) is 17.7 Å². The predicted molar refractivity (Wildman–Crippen MR) is 156 cm³/mol. The number of carbonyl (C=O) groups is 1. The van der Waals surface area contributed by atoms with Crippen LogP contribution in [0.5, 0.6) is 5.75 Å². The highest BCUT2D eigenvalue weighted by molar-refractivity contribution is 7.92. The van der Waals surface area contributed by atoms with Gasteiger partial charge in [-0.25, -0.2) is 13.2 Å². The van der Waals surface area contributed by atoms with E-state index < -0.39 is 28.1 Å². The summed E-state index contributed by atoms with van der Waals surface area (Å²) in [4.78, 5) is 17.9. The number of pyridine rings is 1. The summed E-state index contributed by atoms with van der Waals surface area (Å²) in [6, 6.07) is 17.5. The number of furan rings is 1. The number of nitrogens with one attached hydrogen (secondary N) is 2. The zero-order chi connectivity index (χ0) is 28.6. The van der Waals surface area contributed by atoms with Crippen molar-refractivity contribution >= 4 is 56.3 Å². The van der Waals surface area contributed by atoms with E-state index in [1.807, 2.05) is 23.1 Å². The molecule has 3 N–H and O–H groups in total. The molecule has 0 aliphatic carbocycles. The van der Waals surface area contributed by atoms with Crippen molar-refractivity contribution < 1.29 is 27.5 Å². The first-order valence-corrected chi connectivity index (χ1v) is 14.5. The normalized spacial score (nSPS) is 17.0. The number of rotatable bonds is 8. The Morgan fingerprint density at radius 1 is 1.18 bits per heavy atom. The third kappa shape index (κ3) is 5.46. The van der Waals surface area contributed by atoms with Crippen molar-refractivity contribution in [2.45, 2.75) is 12.1 Å². The molecule has 0 amide bonds. The third-order valence-electron chi connectivity index (χ3n) is 6.25. The molecule has 1 aliphatic heterocycles. The average Bonchev–Trinajstić information content (AvgIpc) is 3.53. The summed E-state index contributed by atoms with van der Waals surface area (Å²) in [6.45, 7) is 0. The Kier molecular flexibility index (Phi) is 7.41. The number of carboxylic acid groups (broad SMARTS) is 1. The zero-order valence-electron chi connectivity index (χ0n) is 21.2. The minimum atomic E-state index is -3.54. The van der Waals surface area contributed by atoms with E-state index in [-0.39, 0.29) is 11.3 Å². The van der Waals surface area contributed by atoms with Crippen LogP contribution in [0.2, 0.25) is 5.02 Å². The number of halogens is 1. The highest BCUT2D eigenvalue weighted by Gasteiger charge is 2.43. The maximum atomic E-state index is 11.8. The number of methoxy groups -OCH3 is 1. The second kappa shape index (κ2) is 10.8. The van der Waals surface area contributed by atoms with Gasteiger partial charge in [-0.3, -0.25) is 9.71 Å². The quantitative estimate of drug-likeness (QED) is 0.231. The molecule has 206 valence electrons. The van der Waals surface area contributed by atoms with Crippen LogP contribution in [-0.2, 0) is 10.0 Å². The molecular formula is C27H23ClN4O6S2. The largest absolute Gasteiger partial charge is 0.494 e. The summed E-state index contributed by atoms with van der Waals surface area (Å²) >= 11 is 12.2. The Labute approximate surface area is 240 Å². The van der Waals surface area contributed by atoms with Gasteiger partial charge in [0.25, 0.3) is 0 Å². The van der Waals surface area contributed by atoms with Crippen LogP contribution >= 0.6 is 23.8 Å². The van der Waals surface area contributed by atoms with E-state index in [9.17, 15) is 18.3 Å². The second-order valence-corrected chi connectivity index (χ2v) is 11.5. The van der Waals surface area contributed by atoms with Gasteiger partial charge in [0.1, 0.15) is 23.3 Å². The summed E-state index contributed by atoms with van der Waals surface area (Å²) in [6.07, 6.45) is 2.74. The monoisotopic (exact) mass is 598 g/mol. The summed E-state index contributed by atoms with van der Waals surface area (Å²) in [5.41, 5.74) is 2.10. The maximum absolute atomic E-state index is 11.8. The van der Waals surface area contributed by atoms with Crippen molar-refractivity contribution in [2.75, 3.05) is 23.0 Å². The first-order chi connectivity index (χ1) is 19.1. The standard InChI is InChI=1S/C27H23ClN4O6S2/c1-37-23-14-16(7-9-19(23)31-40(2,35)36)32-25(24(30-27(32)39)20-5-3-4-12-29-20)22-11-10-21(38-22)17-13-15(26(33)34)6-8-18(17)28/h3-14,24-25,31H,1-2H3,(H,30,39)(H,33,34)/t24-,25-/m1/s1.